The first kappa shape index (κ1) is 22.0. The van der Waals surface area contributed by atoms with Crippen molar-refractivity contribution in [2.24, 2.45) is 0 Å². The van der Waals surface area contributed by atoms with E-state index in [0.717, 1.165) is 16.1 Å². The summed E-state index contributed by atoms with van der Waals surface area (Å²) in [5.41, 5.74) is 9.49. The fourth-order valence-corrected chi connectivity index (χ4v) is 4.69. The molecule has 10 heteroatoms. The normalized spacial score (nSPS) is 12.1. The highest BCUT2D eigenvalue weighted by Gasteiger charge is 2.18. The van der Waals surface area contributed by atoms with Gasteiger partial charge in [0.15, 0.2) is 0 Å². The number of anilines is 2. The lowest BCUT2D eigenvalue weighted by Crippen LogP contribution is -2.29. The topological polar surface area (TPSA) is 112 Å². The van der Waals surface area contributed by atoms with E-state index in [4.69, 9.17) is 22.3 Å². The molecule has 3 heterocycles. The second-order valence-corrected chi connectivity index (χ2v) is 9.04. The van der Waals surface area contributed by atoms with E-state index < -0.39 is 0 Å². The van der Waals surface area contributed by atoms with Crippen molar-refractivity contribution < 1.29 is 0 Å². The Morgan fingerprint density at radius 3 is 2.71 bits per heavy atom. The van der Waals surface area contributed by atoms with E-state index in [1.165, 1.54) is 11.3 Å². The minimum absolute atomic E-state index is 0.139. The van der Waals surface area contributed by atoms with Gasteiger partial charge in [-0.3, -0.25) is 14.3 Å². The molecule has 0 unspecified atom stereocenters. The Kier molecular flexibility index (Phi) is 5.95. The highest BCUT2D eigenvalue weighted by molar-refractivity contribution is 7.13. The molecule has 0 spiro atoms. The zero-order chi connectivity index (χ0) is 23.7. The average molecular weight is 490 g/mol. The number of aromatic nitrogens is 5. The van der Waals surface area contributed by atoms with Crippen LogP contribution in [-0.4, -0.2) is 30.5 Å². The van der Waals surface area contributed by atoms with Gasteiger partial charge in [0.2, 0.25) is 5.95 Å². The van der Waals surface area contributed by atoms with Crippen molar-refractivity contribution in [1.29, 1.82) is 0 Å². The number of halogens is 1. The number of hydrogen-bond acceptors (Lipinski definition) is 8. The predicted molar refractivity (Wildman–Crippen MR) is 137 cm³/mol. The number of para-hydroxylation sites is 1. The van der Waals surface area contributed by atoms with Crippen molar-refractivity contribution in [3.8, 4) is 16.1 Å². The smallest absolute Gasteiger partial charge is 0.267 e. The lowest BCUT2D eigenvalue weighted by atomic mass is 10.1. The second-order valence-electron chi connectivity index (χ2n) is 7.74. The molecule has 0 aliphatic carbocycles. The van der Waals surface area contributed by atoms with Crippen LogP contribution in [-0.2, 0) is 6.42 Å². The average Bonchev–Trinajstić information content (AvgIpc) is 3.34. The summed E-state index contributed by atoms with van der Waals surface area (Å²) in [5.74, 6) is 1.37. The van der Waals surface area contributed by atoms with Crippen LogP contribution in [0.3, 0.4) is 0 Å². The van der Waals surface area contributed by atoms with Crippen molar-refractivity contribution in [2.75, 3.05) is 11.1 Å². The Labute approximate surface area is 204 Å². The van der Waals surface area contributed by atoms with E-state index in [1.54, 1.807) is 40.7 Å². The van der Waals surface area contributed by atoms with Crippen molar-refractivity contribution in [3.63, 3.8) is 0 Å². The van der Waals surface area contributed by atoms with E-state index in [2.05, 4.69) is 20.3 Å². The summed E-state index contributed by atoms with van der Waals surface area (Å²) in [7, 11) is 0. The highest BCUT2D eigenvalue weighted by atomic mass is 35.5. The van der Waals surface area contributed by atoms with Crippen molar-refractivity contribution in [1.82, 2.24) is 24.5 Å². The maximum Gasteiger partial charge on any atom is 0.267 e. The number of thiazole rings is 1. The summed E-state index contributed by atoms with van der Waals surface area (Å²) in [6, 6.07) is 14.6. The Balaban J connectivity index is 1.56. The third-order valence-corrected chi connectivity index (χ3v) is 6.43. The van der Waals surface area contributed by atoms with Crippen LogP contribution in [0.5, 0.6) is 0 Å². The number of nitrogens with zero attached hydrogens (tertiary/aromatic N) is 5. The van der Waals surface area contributed by atoms with Crippen LogP contribution in [0.2, 0.25) is 5.02 Å². The van der Waals surface area contributed by atoms with Crippen molar-refractivity contribution in [2.45, 2.75) is 19.4 Å². The van der Waals surface area contributed by atoms with E-state index in [0.29, 0.717) is 34.0 Å². The van der Waals surface area contributed by atoms with Crippen LogP contribution in [0.1, 0.15) is 12.7 Å². The molecule has 0 bridgehead atoms. The summed E-state index contributed by atoms with van der Waals surface area (Å²) >= 11 is 7.86. The summed E-state index contributed by atoms with van der Waals surface area (Å²) in [5, 5.41) is 4.19. The third kappa shape index (κ3) is 4.23. The standard InChI is InChI=1S/C24H20ClN7OS/c1-14(29-22-16(11-28-24(26)31-22)19-12-27-13-34-19)10-20-30-18-9-5-8-17(25)21(18)23(33)32(20)15-6-3-2-4-7-15/h2-9,11-14H,10H2,1H3,(H3,26,28,29,31)/t14-/m1/s1. The molecular formula is C24H20ClN7OS. The Morgan fingerprint density at radius 2 is 1.94 bits per heavy atom. The summed E-state index contributed by atoms with van der Waals surface area (Å²) < 4.78 is 1.62. The number of nitrogen functional groups attached to an aromatic ring is 1. The predicted octanol–water partition coefficient (Wildman–Crippen LogP) is 4.58. The van der Waals surface area contributed by atoms with Crippen molar-refractivity contribution in [3.05, 3.63) is 87.6 Å². The molecule has 0 saturated heterocycles. The molecule has 3 N–H and O–H groups in total. The minimum Gasteiger partial charge on any atom is -0.368 e. The zero-order valence-electron chi connectivity index (χ0n) is 18.1. The van der Waals surface area contributed by atoms with Gasteiger partial charge in [0.25, 0.3) is 5.56 Å². The fraction of sp³-hybridized carbons (Fsp3) is 0.125. The summed E-state index contributed by atoms with van der Waals surface area (Å²) in [6.45, 7) is 2.00. The van der Waals surface area contributed by atoms with Gasteiger partial charge in [-0.05, 0) is 31.2 Å². The molecule has 0 aliphatic rings. The van der Waals surface area contributed by atoms with Gasteiger partial charge in [-0.15, -0.1) is 11.3 Å². The maximum absolute atomic E-state index is 13.5. The van der Waals surface area contributed by atoms with E-state index in [-0.39, 0.29) is 17.5 Å². The molecule has 2 aromatic carbocycles. The first-order valence-corrected chi connectivity index (χ1v) is 11.8. The quantitative estimate of drug-likeness (QED) is 0.359. The first-order valence-electron chi connectivity index (χ1n) is 10.5. The maximum atomic E-state index is 13.5. The SMILES string of the molecule is C[C@H](Cc1nc2cccc(Cl)c2c(=O)n1-c1ccccc1)Nc1nc(N)ncc1-c1cncs1. The van der Waals surface area contributed by atoms with Gasteiger partial charge in [-0.1, -0.05) is 35.9 Å². The number of nitrogens with two attached hydrogens (primary N) is 1. The van der Waals surface area contributed by atoms with Crippen LogP contribution in [0.15, 0.2) is 71.2 Å². The van der Waals surface area contributed by atoms with Crippen LogP contribution in [0.4, 0.5) is 11.8 Å². The molecule has 170 valence electrons. The Hall–Kier alpha value is -3.82. The van der Waals surface area contributed by atoms with Gasteiger partial charge in [-0.25, -0.2) is 9.97 Å². The summed E-state index contributed by atoms with van der Waals surface area (Å²) in [4.78, 5) is 32.0. The van der Waals surface area contributed by atoms with Crippen LogP contribution in [0.25, 0.3) is 27.0 Å². The van der Waals surface area contributed by atoms with Crippen molar-refractivity contribution >= 4 is 45.6 Å². The lowest BCUT2D eigenvalue weighted by molar-refractivity contribution is 0.709. The third-order valence-electron chi connectivity index (χ3n) is 5.31. The molecule has 0 radical (unpaired) electrons. The van der Waals surface area contributed by atoms with Gasteiger partial charge in [0.1, 0.15) is 11.6 Å². The van der Waals surface area contributed by atoms with Crippen LogP contribution in [0, 0.1) is 0 Å². The number of hydrogen-bond donors (Lipinski definition) is 2. The number of fused-ring (bicyclic) bond motifs is 1. The molecule has 0 fully saturated rings. The minimum atomic E-state index is -0.208. The lowest BCUT2D eigenvalue weighted by Gasteiger charge is -2.19. The second kappa shape index (κ2) is 9.20. The Bertz CT molecular complexity index is 1520. The molecule has 1 atom stereocenters. The number of nitrogens with one attached hydrogen (secondary N) is 1. The highest BCUT2D eigenvalue weighted by Crippen LogP contribution is 2.30. The zero-order valence-corrected chi connectivity index (χ0v) is 19.7. The summed E-state index contributed by atoms with van der Waals surface area (Å²) in [6.07, 6.45) is 3.89. The molecular weight excluding hydrogens is 470 g/mol. The number of rotatable bonds is 6. The largest absolute Gasteiger partial charge is 0.368 e. The molecule has 34 heavy (non-hydrogen) atoms. The van der Waals surface area contributed by atoms with E-state index in [9.17, 15) is 4.79 Å². The fourth-order valence-electron chi connectivity index (χ4n) is 3.81. The molecule has 5 rings (SSSR count). The monoisotopic (exact) mass is 489 g/mol. The van der Waals surface area contributed by atoms with Gasteiger partial charge in [0.05, 0.1) is 37.6 Å². The Morgan fingerprint density at radius 1 is 1.12 bits per heavy atom. The van der Waals surface area contributed by atoms with Gasteiger partial charge in [-0.2, -0.15) is 4.98 Å². The number of benzene rings is 2. The molecule has 0 aliphatic heterocycles. The van der Waals surface area contributed by atoms with Gasteiger partial charge in [0, 0.05) is 24.9 Å². The van der Waals surface area contributed by atoms with E-state index >= 15 is 0 Å². The van der Waals surface area contributed by atoms with Crippen LogP contribution >= 0.6 is 22.9 Å². The molecule has 8 nitrogen and oxygen atoms in total. The first-order chi connectivity index (χ1) is 16.5. The van der Waals surface area contributed by atoms with Crippen LogP contribution < -0.4 is 16.6 Å². The molecule has 5 aromatic rings. The van der Waals surface area contributed by atoms with Gasteiger partial charge < -0.3 is 11.1 Å². The van der Waals surface area contributed by atoms with Gasteiger partial charge >= 0.3 is 0 Å². The molecule has 0 amide bonds. The molecule has 3 aromatic heterocycles. The molecule has 0 saturated carbocycles. The van der Waals surface area contributed by atoms with E-state index in [1.807, 2.05) is 37.3 Å².